The summed E-state index contributed by atoms with van der Waals surface area (Å²) in [4.78, 5) is 26.7. The maximum Gasteiger partial charge on any atom is 0.326 e. The molecule has 1 aromatic carbocycles. The average molecular weight is 276 g/mol. The quantitative estimate of drug-likeness (QED) is 0.877. The molecule has 1 atom stereocenters. The number of carboxylic acid groups (broad SMARTS) is 1. The van der Waals surface area contributed by atoms with Gasteiger partial charge in [-0.05, 0) is 25.5 Å². The van der Waals surface area contributed by atoms with Gasteiger partial charge in [-0.15, -0.1) is 0 Å². The van der Waals surface area contributed by atoms with Gasteiger partial charge in [0.1, 0.15) is 6.04 Å². The number of likely N-dealkylation sites (tertiary alicyclic amines) is 1. The number of amides is 1. The second kappa shape index (κ2) is 6.52. The summed E-state index contributed by atoms with van der Waals surface area (Å²) in [6.07, 6.45) is 1.33. The number of carbonyl (C=O) groups is 2. The number of benzene rings is 1. The van der Waals surface area contributed by atoms with Crippen LogP contribution < -0.4 is 0 Å². The van der Waals surface area contributed by atoms with Gasteiger partial charge in [-0.3, -0.25) is 9.69 Å². The average Bonchev–Trinajstić information content (AvgIpc) is 2.89. The molecule has 2 rings (SSSR count). The molecule has 0 aromatic heterocycles. The molecule has 1 amide bonds. The van der Waals surface area contributed by atoms with E-state index in [0.29, 0.717) is 19.5 Å². The molecular weight excluding hydrogens is 256 g/mol. The van der Waals surface area contributed by atoms with Gasteiger partial charge in [-0.25, -0.2) is 4.79 Å². The van der Waals surface area contributed by atoms with Crippen molar-refractivity contribution in [1.29, 1.82) is 0 Å². The van der Waals surface area contributed by atoms with E-state index in [1.807, 2.05) is 42.3 Å². The second-order valence-electron chi connectivity index (χ2n) is 5.24. The predicted octanol–water partition coefficient (Wildman–Crippen LogP) is 1.19. The fourth-order valence-corrected chi connectivity index (χ4v) is 2.59. The molecule has 5 nitrogen and oxygen atoms in total. The van der Waals surface area contributed by atoms with Crippen molar-refractivity contribution in [2.45, 2.75) is 25.4 Å². The van der Waals surface area contributed by atoms with Gasteiger partial charge in [-0.1, -0.05) is 30.3 Å². The Kier molecular flexibility index (Phi) is 4.74. The summed E-state index contributed by atoms with van der Waals surface area (Å²) in [7, 11) is 1.87. The van der Waals surface area contributed by atoms with Gasteiger partial charge >= 0.3 is 5.97 Å². The number of carbonyl (C=O) groups excluding carboxylic acids is 1. The van der Waals surface area contributed by atoms with Crippen LogP contribution in [0.1, 0.15) is 18.4 Å². The molecule has 0 aliphatic carbocycles. The second-order valence-corrected chi connectivity index (χ2v) is 5.24. The normalized spacial score (nSPS) is 18.5. The third kappa shape index (κ3) is 3.57. The highest BCUT2D eigenvalue weighted by Gasteiger charge is 2.33. The van der Waals surface area contributed by atoms with E-state index in [0.717, 1.165) is 12.0 Å². The van der Waals surface area contributed by atoms with Crippen LogP contribution in [0.25, 0.3) is 0 Å². The van der Waals surface area contributed by atoms with Gasteiger partial charge in [0.05, 0.1) is 6.54 Å². The van der Waals surface area contributed by atoms with Crippen LogP contribution in [0.2, 0.25) is 0 Å². The number of likely N-dealkylation sites (N-methyl/N-ethyl adjacent to an activating group) is 1. The van der Waals surface area contributed by atoms with E-state index in [1.165, 1.54) is 4.90 Å². The molecule has 1 N–H and O–H groups in total. The highest BCUT2D eigenvalue weighted by atomic mass is 16.4. The molecule has 0 spiro atoms. The molecule has 1 aliphatic heterocycles. The van der Waals surface area contributed by atoms with E-state index in [-0.39, 0.29) is 12.5 Å². The lowest BCUT2D eigenvalue weighted by atomic mass is 10.2. The molecule has 1 saturated heterocycles. The van der Waals surface area contributed by atoms with Crippen molar-refractivity contribution < 1.29 is 14.7 Å². The molecule has 0 bridgehead atoms. The number of hydrogen-bond acceptors (Lipinski definition) is 3. The maximum absolute atomic E-state index is 12.2. The summed E-state index contributed by atoms with van der Waals surface area (Å²) < 4.78 is 0. The summed E-state index contributed by atoms with van der Waals surface area (Å²) in [5.74, 6) is -1.00. The summed E-state index contributed by atoms with van der Waals surface area (Å²) in [5.41, 5.74) is 1.14. The van der Waals surface area contributed by atoms with Crippen LogP contribution in [-0.2, 0) is 16.1 Å². The topological polar surface area (TPSA) is 60.9 Å². The Morgan fingerprint density at radius 2 is 2.05 bits per heavy atom. The lowest BCUT2D eigenvalue weighted by Gasteiger charge is -2.24. The third-order valence-electron chi connectivity index (χ3n) is 3.56. The van der Waals surface area contributed by atoms with Gasteiger partial charge in [0.15, 0.2) is 0 Å². The van der Waals surface area contributed by atoms with E-state index in [9.17, 15) is 9.59 Å². The first-order chi connectivity index (χ1) is 9.58. The van der Waals surface area contributed by atoms with Crippen molar-refractivity contribution in [1.82, 2.24) is 9.80 Å². The van der Waals surface area contributed by atoms with Crippen LogP contribution in [0.5, 0.6) is 0 Å². The first kappa shape index (κ1) is 14.5. The molecule has 0 radical (unpaired) electrons. The van der Waals surface area contributed by atoms with Crippen LogP contribution in [0.15, 0.2) is 30.3 Å². The Morgan fingerprint density at radius 3 is 2.70 bits per heavy atom. The lowest BCUT2D eigenvalue weighted by molar-refractivity contribution is -0.148. The molecule has 108 valence electrons. The van der Waals surface area contributed by atoms with Crippen LogP contribution >= 0.6 is 0 Å². The number of hydrogen-bond donors (Lipinski definition) is 1. The van der Waals surface area contributed by atoms with Crippen molar-refractivity contribution >= 4 is 11.9 Å². The summed E-state index contributed by atoms with van der Waals surface area (Å²) in [6, 6.07) is 9.26. The van der Waals surface area contributed by atoms with Crippen molar-refractivity contribution in [3.63, 3.8) is 0 Å². The maximum atomic E-state index is 12.2. The SMILES string of the molecule is CN(CC(=O)N1CCC[C@@H]1C(=O)O)Cc1ccccc1. The van der Waals surface area contributed by atoms with E-state index >= 15 is 0 Å². The standard InChI is InChI=1S/C15H20N2O3/c1-16(10-12-6-3-2-4-7-12)11-14(18)17-9-5-8-13(17)15(19)20/h2-4,6-7,13H,5,8-11H2,1H3,(H,19,20)/t13-/m1/s1. The van der Waals surface area contributed by atoms with Crippen molar-refractivity contribution in [2.24, 2.45) is 0 Å². The molecular formula is C15H20N2O3. The Balaban J connectivity index is 1.89. The fourth-order valence-electron chi connectivity index (χ4n) is 2.59. The fraction of sp³-hybridized carbons (Fsp3) is 0.467. The van der Waals surface area contributed by atoms with Crippen LogP contribution in [-0.4, -0.2) is 53.0 Å². The Hall–Kier alpha value is -1.88. The van der Waals surface area contributed by atoms with Crippen molar-refractivity contribution in [3.8, 4) is 0 Å². The van der Waals surface area contributed by atoms with Crippen molar-refractivity contribution in [2.75, 3.05) is 20.1 Å². The summed E-state index contributed by atoms with van der Waals surface area (Å²) in [6.45, 7) is 1.48. The number of rotatable bonds is 5. The Bertz CT molecular complexity index is 475. The molecule has 1 fully saturated rings. The van der Waals surface area contributed by atoms with Gasteiger partial charge in [0.25, 0.3) is 0 Å². The summed E-state index contributed by atoms with van der Waals surface area (Å²) in [5, 5.41) is 9.09. The zero-order valence-corrected chi connectivity index (χ0v) is 11.7. The third-order valence-corrected chi connectivity index (χ3v) is 3.56. The lowest BCUT2D eigenvalue weighted by Crippen LogP contribution is -2.44. The van der Waals surface area contributed by atoms with Gasteiger partial charge < -0.3 is 10.0 Å². The largest absolute Gasteiger partial charge is 0.480 e. The molecule has 1 heterocycles. The molecule has 1 aliphatic rings. The minimum absolute atomic E-state index is 0.103. The number of aliphatic carboxylic acids is 1. The highest BCUT2D eigenvalue weighted by Crippen LogP contribution is 2.17. The van der Waals surface area contributed by atoms with Gasteiger partial charge in [0, 0.05) is 13.1 Å². The highest BCUT2D eigenvalue weighted by molar-refractivity contribution is 5.85. The predicted molar refractivity (Wildman–Crippen MR) is 75.1 cm³/mol. The van der Waals surface area contributed by atoms with Crippen molar-refractivity contribution in [3.05, 3.63) is 35.9 Å². The Labute approximate surface area is 118 Å². The molecule has 1 aromatic rings. The zero-order valence-electron chi connectivity index (χ0n) is 11.7. The molecule has 0 unspecified atom stereocenters. The monoisotopic (exact) mass is 276 g/mol. The zero-order chi connectivity index (χ0) is 14.5. The van der Waals surface area contributed by atoms with Gasteiger partial charge in [0.2, 0.25) is 5.91 Å². The van der Waals surface area contributed by atoms with Crippen LogP contribution in [0.3, 0.4) is 0 Å². The van der Waals surface area contributed by atoms with E-state index in [1.54, 1.807) is 0 Å². The van der Waals surface area contributed by atoms with Crippen LogP contribution in [0.4, 0.5) is 0 Å². The Morgan fingerprint density at radius 1 is 1.35 bits per heavy atom. The van der Waals surface area contributed by atoms with E-state index in [4.69, 9.17) is 5.11 Å². The van der Waals surface area contributed by atoms with Crippen LogP contribution in [0, 0.1) is 0 Å². The van der Waals surface area contributed by atoms with E-state index in [2.05, 4.69) is 0 Å². The van der Waals surface area contributed by atoms with E-state index < -0.39 is 12.0 Å². The first-order valence-electron chi connectivity index (χ1n) is 6.82. The smallest absolute Gasteiger partial charge is 0.326 e. The number of carboxylic acids is 1. The number of nitrogens with zero attached hydrogens (tertiary/aromatic N) is 2. The molecule has 5 heteroatoms. The van der Waals surface area contributed by atoms with Gasteiger partial charge in [-0.2, -0.15) is 0 Å². The minimum Gasteiger partial charge on any atom is -0.480 e. The minimum atomic E-state index is -0.901. The molecule has 20 heavy (non-hydrogen) atoms. The first-order valence-corrected chi connectivity index (χ1v) is 6.82. The summed E-state index contributed by atoms with van der Waals surface area (Å²) >= 11 is 0. The molecule has 0 saturated carbocycles.